The van der Waals surface area contributed by atoms with E-state index in [4.69, 9.17) is 33.7 Å². The summed E-state index contributed by atoms with van der Waals surface area (Å²) < 4.78 is 5.69. The Balaban J connectivity index is 2.70. The minimum absolute atomic E-state index is 0.00777. The van der Waals surface area contributed by atoms with Gasteiger partial charge in [0.15, 0.2) is 0 Å². The third-order valence-corrected chi connectivity index (χ3v) is 3.20. The maximum Gasteiger partial charge on any atom is 0.219 e. The van der Waals surface area contributed by atoms with E-state index in [2.05, 4.69) is 5.32 Å². The van der Waals surface area contributed by atoms with Crippen molar-refractivity contribution in [2.45, 2.75) is 32.2 Å². The van der Waals surface area contributed by atoms with E-state index in [9.17, 15) is 4.79 Å². The highest BCUT2D eigenvalue weighted by atomic mass is 35.5. The van der Waals surface area contributed by atoms with Crippen molar-refractivity contribution >= 4 is 29.1 Å². The van der Waals surface area contributed by atoms with Gasteiger partial charge in [0.2, 0.25) is 5.91 Å². The molecule has 0 aliphatic carbocycles. The fourth-order valence-corrected chi connectivity index (χ4v) is 2.40. The molecule has 4 nitrogen and oxygen atoms in total. The van der Waals surface area contributed by atoms with Crippen LogP contribution in [0.15, 0.2) is 12.1 Å². The Hall–Kier alpha value is -0.970. The van der Waals surface area contributed by atoms with Crippen molar-refractivity contribution in [2.75, 3.05) is 13.7 Å². The Morgan fingerprint density at radius 2 is 2.15 bits per heavy atom. The fraction of sp³-hybridized carbons (Fsp3) is 0.500. The monoisotopic (exact) mass is 318 g/mol. The summed E-state index contributed by atoms with van der Waals surface area (Å²) in [7, 11) is 1.61. The lowest BCUT2D eigenvalue weighted by Gasteiger charge is -2.15. The minimum Gasteiger partial charge on any atom is -0.492 e. The van der Waals surface area contributed by atoms with Crippen LogP contribution in [0.3, 0.4) is 0 Å². The van der Waals surface area contributed by atoms with Gasteiger partial charge < -0.3 is 15.8 Å². The van der Waals surface area contributed by atoms with Gasteiger partial charge in [0, 0.05) is 24.5 Å². The standard InChI is InChI=1S/C14H20Cl2N2O2/c1-9(17)6-10-7-11(15)8-12(16)14(10)20-5-3-4-13(19)18-2/h7-9H,3-6,17H2,1-2H3,(H,18,19). The van der Waals surface area contributed by atoms with Crippen LogP contribution in [0, 0.1) is 0 Å². The molecule has 0 heterocycles. The normalized spacial score (nSPS) is 12.1. The molecule has 0 radical (unpaired) electrons. The first kappa shape index (κ1) is 17.1. The summed E-state index contributed by atoms with van der Waals surface area (Å²) in [5.74, 6) is 0.594. The van der Waals surface area contributed by atoms with E-state index in [1.54, 1.807) is 13.1 Å². The summed E-state index contributed by atoms with van der Waals surface area (Å²) in [5.41, 5.74) is 6.70. The number of hydrogen-bond acceptors (Lipinski definition) is 3. The molecule has 1 aromatic rings. The summed E-state index contributed by atoms with van der Waals surface area (Å²) in [5, 5.41) is 3.59. The largest absolute Gasteiger partial charge is 0.492 e. The first-order valence-corrected chi connectivity index (χ1v) is 7.26. The van der Waals surface area contributed by atoms with Crippen molar-refractivity contribution in [3.8, 4) is 5.75 Å². The Labute approximate surface area is 129 Å². The van der Waals surface area contributed by atoms with Crippen LogP contribution in [-0.2, 0) is 11.2 Å². The maximum absolute atomic E-state index is 11.1. The van der Waals surface area contributed by atoms with E-state index in [1.165, 1.54) is 0 Å². The molecule has 6 heteroatoms. The highest BCUT2D eigenvalue weighted by Gasteiger charge is 2.12. The van der Waals surface area contributed by atoms with Gasteiger partial charge >= 0.3 is 0 Å². The molecular weight excluding hydrogens is 299 g/mol. The lowest BCUT2D eigenvalue weighted by molar-refractivity contribution is -0.120. The van der Waals surface area contributed by atoms with Gasteiger partial charge in [0.25, 0.3) is 0 Å². The number of nitrogens with two attached hydrogens (primary N) is 1. The van der Waals surface area contributed by atoms with Crippen LogP contribution >= 0.6 is 23.2 Å². The third-order valence-electron chi connectivity index (χ3n) is 2.70. The fourth-order valence-electron chi connectivity index (χ4n) is 1.81. The topological polar surface area (TPSA) is 64.3 Å². The number of ether oxygens (including phenoxy) is 1. The molecule has 0 bridgehead atoms. The molecule has 0 saturated carbocycles. The van der Waals surface area contributed by atoms with Gasteiger partial charge in [-0.2, -0.15) is 0 Å². The van der Waals surface area contributed by atoms with Crippen LogP contribution < -0.4 is 15.8 Å². The Morgan fingerprint density at radius 3 is 2.75 bits per heavy atom. The molecule has 20 heavy (non-hydrogen) atoms. The number of nitrogens with one attached hydrogen (secondary N) is 1. The zero-order valence-corrected chi connectivity index (χ0v) is 13.2. The summed E-state index contributed by atoms with van der Waals surface area (Å²) in [6.07, 6.45) is 1.67. The first-order valence-electron chi connectivity index (χ1n) is 6.51. The van der Waals surface area contributed by atoms with Crippen LogP contribution in [-0.4, -0.2) is 25.6 Å². The zero-order chi connectivity index (χ0) is 15.1. The number of carbonyl (C=O) groups is 1. The predicted octanol–water partition coefficient (Wildman–Crippen LogP) is 2.79. The average molecular weight is 319 g/mol. The summed E-state index contributed by atoms with van der Waals surface area (Å²) >= 11 is 12.2. The van der Waals surface area contributed by atoms with E-state index < -0.39 is 0 Å². The second kappa shape index (κ2) is 8.35. The number of rotatable bonds is 7. The molecule has 1 atom stereocenters. The molecule has 3 N–H and O–H groups in total. The van der Waals surface area contributed by atoms with Gasteiger partial charge in [-0.1, -0.05) is 23.2 Å². The second-order valence-electron chi connectivity index (χ2n) is 4.68. The molecule has 112 valence electrons. The van der Waals surface area contributed by atoms with E-state index in [1.807, 2.05) is 13.0 Å². The quantitative estimate of drug-likeness (QED) is 0.760. The molecular formula is C14H20Cl2N2O2. The van der Waals surface area contributed by atoms with Crippen molar-refractivity contribution in [2.24, 2.45) is 5.73 Å². The zero-order valence-electron chi connectivity index (χ0n) is 11.7. The molecule has 1 amide bonds. The molecule has 0 aromatic heterocycles. The Bertz CT molecular complexity index is 465. The predicted molar refractivity (Wildman–Crippen MR) is 82.6 cm³/mol. The van der Waals surface area contributed by atoms with E-state index in [-0.39, 0.29) is 11.9 Å². The molecule has 1 unspecified atom stereocenters. The molecule has 1 aromatic carbocycles. The molecule has 0 aliphatic heterocycles. The number of hydrogen-bond donors (Lipinski definition) is 2. The average Bonchev–Trinajstić information content (AvgIpc) is 2.35. The van der Waals surface area contributed by atoms with Crippen molar-refractivity contribution in [1.82, 2.24) is 5.32 Å². The maximum atomic E-state index is 11.1. The SMILES string of the molecule is CNC(=O)CCCOc1c(Cl)cc(Cl)cc1CC(C)N. The van der Waals surface area contributed by atoms with Crippen LogP contribution in [0.1, 0.15) is 25.3 Å². The van der Waals surface area contributed by atoms with Crippen LogP contribution in [0.4, 0.5) is 0 Å². The van der Waals surface area contributed by atoms with Crippen molar-refractivity contribution in [1.29, 1.82) is 0 Å². The molecule has 0 spiro atoms. The lowest BCUT2D eigenvalue weighted by Crippen LogP contribution is -2.19. The van der Waals surface area contributed by atoms with Gasteiger partial charge in [-0.25, -0.2) is 0 Å². The molecule has 0 aliphatic rings. The highest BCUT2D eigenvalue weighted by Crippen LogP contribution is 2.33. The van der Waals surface area contributed by atoms with Crippen LogP contribution in [0.25, 0.3) is 0 Å². The summed E-state index contributed by atoms with van der Waals surface area (Å²) in [4.78, 5) is 11.1. The smallest absolute Gasteiger partial charge is 0.219 e. The number of amides is 1. The van der Waals surface area contributed by atoms with Gasteiger partial charge in [0.1, 0.15) is 5.75 Å². The van der Waals surface area contributed by atoms with Crippen LogP contribution in [0.2, 0.25) is 10.0 Å². The molecule has 0 saturated heterocycles. The van der Waals surface area contributed by atoms with Gasteiger partial charge in [0.05, 0.1) is 11.6 Å². The van der Waals surface area contributed by atoms with Crippen molar-refractivity contribution in [3.63, 3.8) is 0 Å². The summed E-state index contributed by atoms with van der Waals surface area (Å²) in [6.45, 7) is 2.32. The van der Waals surface area contributed by atoms with Gasteiger partial charge in [-0.15, -0.1) is 0 Å². The Kier molecular flexibility index (Phi) is 7.13. The number of carbonyl (C=O) groups excluding carboxylic acids is 1. The van der Waals surface area contributed by atoms with E-state index in [0.717, 1.165) is 5.56 Å². The molecule has 1 rings (SSSR count). The highest BCUT2D eigenvalue weighted by molar-refractivity contribution is 6.35. The van der Waals surface area contributed by atoms with Crippen molar-refractivity contribution in [3.05, 3.63) is 27.7 Å². The molecule has 0 fully saturated rings. The van der Waals surface area contributed by atoms with Crippen molar-refractivity contribution < 1.29 is 9.53 Å². The van der Waals surface area contributed by atoms with Crippen LogP contribution in [0.5, 0.6) is 5.75 Å². The Morgan fingerprint density at radius 1 is 1.45 bits per heavy atom. The number of halogens is 2. The lowest BCUT2D eigenvalue weighted by atomic mass is 10.1. The van der Waals surface area contributed by atoms with E-state index in [0.29, 0.717) is 41.7 Å². The third kappa shape index (κ3) is 5.57. The summed E-state index contributed by atoms with van der Waals surface area (Å²) in [6, 6.07) is 3.44. The second-order valence-corrected chi connectivity index (χ2v) is 5.53. The van der Waals surface area contributed by atoms with Gasteiger partial charge in [-0.05, 0) is 37.5 Å². The first-order chi connectivity index (χ1) is 9.43. The number of benzene rings is 1. The van der Waals surface area contributed by atoms with Gasteiger partial charge in [-0.3, -0.25) is 4.79 Å². The van der Waals surface area contributed by atoms with E-state index >= 15 is 0 Å². The minimum atomic E-state index is -0.0160.